The highest BCUT2D eigenvalue weighted by atomic mass is 127. The molecule has 2 N–H and O–H groups in total. The predicted octanol–water partition coefficient (Wildman–Crippen LogP) is 3.05. The molecule has 0 bridgehead atoms. The molecule has 2 fully saturated rings. The summed E-state index contributed by atoms with van der Waals surface area (Å²) in [5, 5.41) is 10.3. The summed E-state index contributed by atoms with van der Waals surface area (Å²) in [6, 6.07) is 0.499. The average molecular weight is 507 g/mol. The van der Waals surface area contributed by atoms with Crippen LogP contribution in [0.3, 0.4) is 0 Å². The number of nitrogens with one attached hydrogen (secondary N) is 2. The third kappa shape index (κ3) is 7.14. The molecule has 0 saturated carbocycles. The molecule has 2 aliphatic heterocycles. The standard InChI is InChI=1S/C19H33N5OS.HI/c1-14(2)18-22-17(13-26-18)10-21-19(20-3)23-16-4-7-24(8-5-16)11-15-6-9-25-12-15;/h13-16H,4-12H2,1-3H3,(H2,20,21,23);1H. The Morgan fingerprint density at radius 3 is 2.74 bits per heavy atom. The number of guanidine groups is 1. The summed E-state index contributed by atoms with van der Waals surface area (Å²) in [7, 11) is 1.84. The normalized spacial score (nSPS) is 22.1. The zero-order chi connectivity index (χ0) is 18.4. The van der Waals surface area contributed by atoms with E-state index in [0.29, 0.717) is 12.0 Å². The van der Waals surface area contributed by atoms with E-state index in [4.69, 9.17) is 4.74 Å². The summed E-state index contributed by atoms with van der Waals surface area (Å²) in [4.78, 5) is 11.7. The highest BCUT2D eigenvalue weighted by Gasteiger charge is 2.24. The predicted molar refractivity (Wildman–Crippen MR) is 123 cm³/mol. The summed E-state index contributed by atoms with van der Waals surface area (Å²) in [6.45, 7) is 10.5. The van der Waals surface area contributed by atoms with Crippen LogP contribution in [0, 0.1) is 5.92 Å². The van der Waals surface area contributed by atoms with E-state index in [-0.39, 0.29) is 24.0 Å². The van der Waals surface area contributed by atoms with Crippen molar-refractivity contribution in [2.45, 2.75) is 51.6 Å². The topological polar surface area (TPSA) is 61.8 Å². The lowest BCUT2D eigenvalue weighted by molar-refractivity contribution is 0.150. The number of ether oxygens (including phenoxy) is 1. The van der Waals surface area contributed by atoms with Gasteiger partial charge in [-0.1, -0.05) is 13.8 Å². The van der Waals surface area contributed by atoms with Crippen molar-refractivity contribution < 1.29 is 4.74 Å². The number of piperidine rings is 1. The molecule has 0 amide bonds. The molecule has 6 nitrogen and oxygen atoms in total. The second-order valence-electron chi connectivity index (χ2n) is 7.71. The lowest BCUT2D eigenvalue weighted by Crippen LogP contribution is -2.49. The van der Waals surface area contributed by atoms with Crippen molar-refractivity contribution in [1.29, 1.82) is 0 Å². The van der Waals surface area contributed by atoms with Gasteiger partial charge < -0.3 is 20.3 Å². The minimum absolute atomic E-state index is 0. The molecule has 1 atom stereocenters. The maximum atomic E-state index is 5.50. The molecular formula is C19H34IN5OS. The van der Waals surface area contributed by atoms with Gasteiger partial charge in [0, 0.05) is 50.6 Å². The first-order valence-electron chi connectivity index (χ1n) is 9.85. The first kappa shape index (κ1) is 22.8. The molecule has 8 heteroatoms. The van der Waals surface area contributed by atoms with Crippen molar-refractivity contribution in [1.82, 2.24) is 20.5 Å². The number of likely N-dealkylation sites (tertiary alicyclic amines) is 1. The Balaban J connectivity index is 0.00000261. The fourth-order valence-electron chi connectivity index (χ4n) is 3.58. The SMILES string of the molecule is CN=C(NCc1csc(C(C)C)n1)NC1CCN(CC2CCOC2)CC1.I. The maximum Gasteiger partial charge on any atom is 0.191 e. The van der Waals surface area contributed by atoms with Crippen LogP contribution in [0.4, 0.5) is 0 Å². The number of rotatable bonds is 6. The van der Waals surface area contributed by atoms with E-state index in [1.807, 2.05) is 7.05 Å². The zero-order valence-electron chi connectivity index (χ0n) is 16.7. The van der Waals surface area contributed by atoms with E-state index >= 15 is 0 Å². The van der Waals surface area contributed by atoms with Crippen molar-refractivity contribution in [3.05, 3.63) is 16.1 Å². The van der Waals surface area contributed by atoms with E-state index in [9.17, 15) is 0 Å². The summed E-state index contributed by atoms with van der Waals surface area (Å²) >= 11 is 1.74. The molecule has 154 valence electrons. The molecule has 2 saturated heterocycles. The van der Waals surface area contributed by atoms with Gasteiger partial charge in [0.15, 0.2) is 5.96 Å². The number of thiazole rings is 1. The Kier molecular flexibility index (Phi) is 9.75. The van der Waals surface area contributed by atoms with Crippen LogP contribution in [0.5, 0.6) is 0 Å². The number of aliphatic imine (C=N–C) groups is 1. The quantitative estimate of drug-likeness (QED) is 0.352. The summed E-state index contributed by atoms with van der Waals surface area (Å²) < 4.78 is 5.50. The molecule has 0 spiro atoms. The molecule has 3 rings (SSSR count). The summed E-state index contributed by atoms with van der Waals surface area (Å²) in [6.07, 6.45) is 3.56. The second kappa shape index (κ2) is 11.5. The Hall–Kier alpha value is -0.450. The molecule has 0 aliphatic carbocycles. The minimum atomic E-state index is 0. The van der Waals surface area contributed by atoms with Crippen molar-refractivity contribution in [2.24, 2.45) is 10.9 Å². The highest BCUT2D eigenvalue weighted by molar-refractivity contribution is 14.0. The van der Waals surface area contributed by atoms with Gasteiger partial charge in [-0.05, 0) is 25.2 Å². The van der Waals surface area contributed by atoms with Gasteiger partial charge in [0.2, 0.25) is 0 Å². The van der Waals surface area contributed by atoms with Gasteiger partial charge in [-0.3, -0.25) is 4.99 Å². The monoisotopic (exact) mass is 507 g/mol. The number of halogens is 1. The molecule has 1 aromatic rings. The Morgan fingerprint density at radius 2 is 2.15 bits per heavy atom. The third-order valence-electron chi connectivity index (χ3n) is 5.19. The largest absolute Gasteiger partial charge is 0.381 e. The molecule has 3 heterocycles. The van der Waals surface area contributed by atoms with E-state index in [0.717, 1.165) is 50.4 Å². The van der Waals surface area contributed by atoms with Crippen LogP contribution in [0.15, 0.2) is 10.4 Å². The van der Waals surface area contributed by atoms with Crippen molar-refractivity contribution in [3.8, 4) is 0 Å². The molecule has 1 unspecified atom stereocenters. The first-order valence-corrected chi connectivity index (χ1v) is 10.7. The van der Waals surface area contributed by atoms with Gasteiger partial charge in [0.1, 0.15) is 0 Å². The van der Waals surface area contributed by atoms with Crippen LogP contribution in [0.25, 0.3) is 0 Å². The van der Waals surface area contributed by atoms with Crippen LogP contribution in [-0.4, -0.2) is 61.8 Å². The average Bonchev–Trinajstić information content (AvgIpc) is 3.32. The number of nitrogens with zero attached hydrogens (tertiary/aromatic N) is 3. The van der Waals surface area contributed by atoms with E-state index < -0.39 is 0 Å². The summed E-state index contributed by atoms with van der Waals surface area (Å²) in [5.74, 6) is 2.11. The van der Waals surface area contributed by atoms with E-state index in [2.05, 4.69) is 44.7 Å². The van der Waals surface area contributed by atoms with Gasteiger partial charge in [0.05, 0.1) is 23.9 Å². The highest BCUT2D eigenvalue weighted by Crippen LogP contribution is 2.19. The Bertz CT molecular complexity index is 580. The van der Waals surface area contributed by atoms with Gasteiger partial charge in [-0.2, -0.15) is 0 Å². The molecule has 0 radical (unpaired) electrons. The summed E-state index contributed by atoms with van der Waals surface area (Å²) in [5.41, 5.74) is 1.09. The lowest BCUT2D eigenvalue weighted by Gasteiger charge is -2.34. The smallest absolute Gasteiger partial charge is 0.191 e. The van der Waals surface area contributed by atoms with Gasteiger partial charge >= 0.3 is 0 Å². The minimum Gasteiger partial charge on any atom is -0.381 e. The fourth-order valence-corrected chi connectivity index (χ4v) is 4.42. The molecule has 27 heavy (non-hydrogen) atoms. The lowest BCUT2D eigenvalue weighted by atomic mass is 10.0. The van der Waals surface area contributed by atoms with E-state index in [1.165, 1.54) is 30.8 Å². The van der Waals surface area contributed by atoms with Crippen LogP contribution in [0.1, 0.15) is 49.7 Å². The maximum absolute atomic E-state index is 5.50. The fraction of sp³-hybridized carbons (Fsp3) is 0.789. The number of aromatic nitrogens is 1. The molecule has 1 aromatic heterocycles. The van der Waals surface area contributed by atoms with Crippen molar-refractivity contribution in [3.63, 3.8) is 0 Å². The first-order chi connectivity index (χ1) is 12.6. The number of hydrogen-bond donors (Lipinski definition) is 2. The van der Waals surface area contributed by atoms with Crippen LogP contribution >= 0.6 is 35.3 Å². The zero-order valence-corrected chi connectivity index (χ0v) is 19.9. The Morgan fingerprint density at radius 1 is 1.37 bits per heavy atom. The van der Waals surface area contributed by atoms with Gasteiger partial charge in [-0.25, -0.2) is 4.98 Å². The van der Waals surface area contributed by atoms with Crippen LogP contribution in [0.2, 0.25) is 0 Å². The van der Waals surface area contributed by atoms with Crippen LogP contribution < -0.4 is 10.6 Å². The molecule has 2 aliphatic rings. The van der Waals surface area contributed by atoms with Crippen LogP contribution in [-0.2, 0) is 11.3 Å². The molecular weight excluding hydrogens is 473 g/mol. The van der Waals surface area contributed by atoms with Gasteiger partial charge in [0.25, 0.3) is 0 Å². The van der Waals surface area contributed by atoms with Crippen molar-refractivity contribution >= 4 is 41.3 Å². The van der Waals surface area contributed by atoms with E-state index in [1.54, 1.807) is 11.3 Å². The Labute approximate surface area is 184 Å². The molecule has 0 aromatic carbocycles. The third-order valence-corrected chi connectivity index (χ3v) is 6.39. The van der Waals surface area contributed by atoms with Crippen molar-refractivity contribution in [2.75, 3.05) is 39.9 Å². The van der Waals surface area contributed by atoms with Gasteiger partial charge in [-0.15, -0.1) is 35.3 Å². The second-order valence-corrected chi connectivity index (χ2v) is 8.60. The number of hydrogen-bond acceptors (Lipinski definition) is 5.